The normalized spacial score (nSPS) is 14.2. The molecule has 3 heterocycles. The maximum atomic E-state index is 5.81. The minimum atomic E-state index is 0.494. The van der Waals surface area contributed by atoms with Gasteiger partial charge >= 0.3 is 0 Å². The average molecular weight is 348 g/mol. The van der Waals surface area contributed by atoms with Crippen LogP contribution in [0.15, 0.2) is 48.7 Å². The van der Waals surface area contributed by atoms with Crippen molar-refractivity contribution in [2.24, 2.45) is 0 Å². The van der Waals surface area contributed by atoms with E-state index in [9.17, 15) is 0 Å². The van der Waals surface area contributed by atoms with Crippen molar-refractivity contribution in [2.75, 3.05) is 6.54 Å². The van der Waals surface area contributed by atoms with Crippen molar-refractivity contribution in [1.29, 1.82) is 0 Å². The number of aromatic nitrogens is 3. The van der Waals surface area contributed by atoms with Crippen LogP contribution >= 0.6 is 0 Å². The van der Waals surface area contributed by atoms with Gasteiger partial charge in [-0.25, -0.2) is 4.98 Å². The van der Waals surface area contributed by atoms with Crippen LogP contribution in [-0.4, -0.2) is 26.0 Å². The largest absolute Gasteiger partial charge is 0.487 e. The quantitative estimate of drug-likeness (QED) is 0.708. The summed E-state index contributed by atoms with van der Waals surface area (Å²) in [7, 11) is 0. The number of aryl methyl sites for hydroxylation is 1. The van der Waals surface area contributed by atoms with E-state index in [2.05, 4.69) is 40.4 Å². The van der Waals surface area contributed by atoms with Gasteiger partial charge < -0.3 is 9.30 Å². The zero-order valence-electron chi connectivity index (χ0n) is 15.4. The summed E-state index contributed by atoms with van der Waals surface area (Å²) in [5.74, 6) is 2.06. The minimum absolute atomic E-state index is 0.494. The van der Waals surface area contributed by atoms with Crippen molar-refractivity contribution in [3.63, 3.8) is 0 Å². The lowest BCUT2D eigenvalue weighted by atomic mass is 10.2. The third-order valence-electron chi connectivity index (χ3n) is 4.98. The van der Waals surface area contributed by atoms with Gasteiger partial charge in [0.2, 0.25) is 0 Å². The summed E-state index contributed by atoms with van der Waals surface area (Å²) in [5, 5.41) is 0. The number of hydrogen-bond donors (Lipinski definition) is 0. The number of fused-ring (bicyclic) bond motifs is 1. The van der Waals surface area contributed by atoms with Gasteiger partial charge in [0, 0.05) is 31.5 Å². The molecule has 2 aromatic heterocycles. The Hall–Kier alpha value is -2.66. The number of ether oxygens (including phenoxy) is 1. The van der Waals surface area contributed by atoms with Gasteiger partial charge in [-0.05, 0) is 43.7 Å². The smallest absolute Gasteiger partial charge is 0.130 e. The van der Waals surface area contributed by atoms with Crippen molar-refractivity contribution in [3.05, 3.63) is 77.1 Å². The molecule has 0 fully saturated rings. The molecule has 0 N–H and O–H groups in total. The van der Waals surface area contributed by atoms with Gasteiger partial charge in [-0.15, -0.1) is 0 Å². The first-order chi connectivity index (χ1) is 12.7. The standard InChI is InChI=1S/C21H24N4O/c1-16-17(2)25-12-11-24(14-21(25)23-16)13-18-6-8-20(9-7-18)26-15-19-5-3-4-10-22-19/h3-10H,11-15H2,1-2H3. The van der Waals surface area contributed by atoms with E-state index in [0.717, 1.165) is 43.3 Å². The summed E-state index contributed by atoms with van der Waals surface area (Å²) in [5.41, 5.74) is 4.68. The maximum Gasteiger partial charge on any atom is 0.130 e. The van der Waals surface area contributed by atoms with Gasteiger partial charge in [-0.1, -0.05) is 18.2 Å². The predicted octanol–water partition coefficient (Wildman–Crippen LogP) is 3.49. The topological polar surface area (TPSA) is 43.2 Å². The first-order valence-electron chi connectivity index (χ1n) is 9.05. The van der Waals surface area contributed by atoms with Crippen LogP contribution in [0.1, 0.15) is 28.5 Å². The Labute approximate surface area is 154 Å². The van der Waals surface area contributed by atoms with E-state index in [4.69, 9.17) is 9.72 Å². The van der Waals surface area contributed by atoms with Crippen molar-refractivity contribution >= 4 is 0 Å². The predicted molar refractivity (Wildman–Crippen MR) is 101 cm³/mol. The zero-order chi connectivity index (χ0) is 17.9. The molecule has 0 unspecified atom stereocenters. The molecule has 0 saturated carbocycles. The van der Waals surface area contributed by atoms with Crippen LogP contribution in [0, 0.1) is 13.8 Å². The number of hydrogen-bond acceptors (Lipinski definition) is 4. The molecule has 134 valence electrons. The van der Waals surface area contributed by atoms with Crippen LogP contribution in [0.2, 0.25) is 0 Å². The van der Waals surface area contributed by atoms with Crippen LogP contribution in [0.4, 0.5) is 0 Å². The van der Waals surface area contributed by atoms with E-state index >= 15 is 0 Å². The monoisotopic (exact) mass is 348 g/mol. The van der Waals surface area contributed by atoms with Gasteiger partial charge in [-0.3, -0.25) is 9.88 Å². The van der Waals surface area contributed by atoms with E-state index < -0.39 is 0 Å². The molecule has 1 aliphatic heterocycles. The van der Waals surface area contributed by atoms with E-state index in [1.54, 1.807) is 6.20 Å². The molecule has 5 heteroatoms. The third-order valence-corrected chi connectivity index (χ3v) is 4.98. The van der Waals surface area contributed by atoms with E-state index in [0.29, 0.717) is 6.61 Å². The van der Waals surface area contributed by atoms with Gasteiger partial charge in [0.1, 0.15) is 18.2 Å². The summed E-state index contributed by atoms with van der Waals surface area (Å²) in [6.45, 7) is 8.67. The van der Waals surface area contributed by atoms with E-state index in [1.165, 1.54) is 17.1 Å². The molecule has 0 radical (unpaired) electrons. The van der Waals surface area contributed by atoms with Crippen molar-refractivity contribution in [1.82, 2.24) is 19.4 Å². The molecule has 0 spiro atoms. The molecule has 0 atom stereocenters. The average Bonchev–Trinajstić information content (AvgIpc) is 2.95. The fourth-order valence-corrected chi connectivity index (χ4v) is 3.39. The Balaban J connectivity index is 1.34. The molecule has 3 aromatic rings. The summed E-state index contributed by atoms with van der Waals surface area (Å²) < 4.78 is 8.16. The lowest BCUT2D eigenvalue weighted by Gasteiger charge is -2.28. The van der Waals surface area contributed by atoms with Gasteiger partial charge in [0.15, 0.2) is 0 Å². The zero-order valence-corrected chi connectivity index (χ0v) is 15.4. The number of pyridine rings is 1. The van der Waals surface area contributed by atoms with E-state index in [1.807, 2.05) is 30.3 Å². The summed E-state index contributed by atoms with van der Waals surface area (Å²) in [4.78, 5) is 11.4. The molecule has 5 nitrogen and oxygen atoms in total. The fraction of sp³-hybridized carbons (Fsp3) is 0.333. The Kier molecular flexibility index (Phi) is 4.71. The van der Waals surface area contributed by atoms with Gasteiger partial charge in [0.05, 0.1) is 17.9 Å². The van der Waals surface area contributed by atoms with E-state index in [-0.39, 0.29) is 0 Å². The minimum Gasteiger partial charge on any atom is -0.487 e. The Bertz CT molecular complexity index is 871. The summed E-state index contributed by atoms with van der Waals surface area (Å²) in [6, 6.07) is 14.2. The first-order valence-corrected chi connectivity index (χ1v) is 9.05. The second-order valence-electron chi connectivity index (χ2n) is 6.81. The highest BCUT2D eigenvalue weighted by atomic mass is 16.5. The number of imidazole rings is 1. The van der Waals surface area contributed by atoms with Crippen molar-refractivity contribution in [3.8, 4) is 5.75 Å². The van der Waals surface area contributed by atoms with Crippen molar-refractivity contribution in [2.45, 2.75) is 40.1 Å². The van der Waals surface area contributed by atoms with Crippen LogP contribution in [-0.2, 0) is 26.2 Å². The van der Waals surface area contributed by atoms with Crippen LogP contribution < -0.4 is 4.74 Å². The lowest BCUT2D eigenvalue weighted by molar-refractivity contribution is 0.207. The molecule has 1 aromatic carbocycles. The molecular formula is C21H24N4O. The number of benzene rings is 1. The number of nitrogens with zero attached hydrogens (tertiary/aromatic N) is 4. The van der Waals surface area contributed by atoms with Crippen LogP contribution in [0.3, 0.4) is 0 Å². The second kappa shape index (κ2) is 7.30. The Morgan fingerprint density at radius 2 is 1.88 bits per heavy atom. The van der Waals surface area contributed by atoms with Crippen LogP contribution in [0.25, 0.3) is 0 Å². The maximum absolute atomic E-state index is 5.81. The SMILES string of the molecule is Cc1nc2n(c1C)CCN(Cc1ccc(OCc3ccccn3)cc1)C2. The molecule has 26 heavy (non-hydrogen) atoms. The molecule has 0 aliphatic carbocycles. The lowest BCUT2D eigenvalue weighted by Crippen LogP contribution is -2.33. The van der Waals surface area contributed by atoms with Gasteiger partial charge in [0.25, 0.3) is 0 Å². The highest BCUT2D eigenvalue weighted by Crippen LogP contribution is 2.20. The van der Waals surface area contributed by atoms with Gasteiger partial charge in [-0.2, -0.15) is 0 Å². The Morgan fingerprint density at radius 1 is 1.04 bits per heavy atom. The Morgan fingerprint density at radius 3 is 2.65 bits per heavy atom. The fourth-order valence-electron chi connectivity index (χ4n) is 3.39. The highest BCUT2D eigenvalue weighted by Gasteiger charge is 2.20. The van der Waals surface area contributed by atoms with Crippen LogP contribution in [0.5, 0.6) is 5.75 Å². The molecule has 0 amide bonds. The molecule has 1 aliphatic rings. The molecule has 0 bridgehead atoms. The summed E-state index contributed by atoms with van der Waals surface area (Å²) in [6.07, 6.45) is 1.79. The summed E-state index contributed by atoms with van der Waals surface area (Å²) >= 11 is 0. The van der Waals surface area contributed by atoms with Crippen molar-refractivity contribution < 1.29 is 4.74 Å². The first kappa shape index (κ1) is 16.8. The molecular weight excluding hydrogens is 324 g/mol. The number of rotatable bonds is 5. The molecule has 4 rings (SSSR count). The second-order valence-corrected chi connectivity index (χ2v) is 6.81. The molecule has 0 saturated heterocycles. The highest BCUT2D eigenvalue weighted by molar-refractivity contribution is 5.27. The third kappa shape index (κ3) is 3.63.